The number of carbonyl (C=O) groups excluding carboxylic acids is 2. The molecular weight excluding hydrogens is 308 g/mol. The van der Waals surface area contributed by atoms with E-state index in [-0.39, 0.29) is 6.61 Å². The molecular formula is C14H18N2O5S. The van der Waals surface area contributed by atoms with Crippen LogP contribution < -0.4 is 4.72 Å². The van der Waals surface area contributed by atoms with Crippen LogP contribution in [0.4, 0.5) is 4.79 Å². The molecule has 120 valence electrons. The Kier molecular flexibility index (Phi) is 5.02. The van der Waals surface area contributed by atoms with E-state index in [9.17, 15) is 18.0 Å². The summed E-state index contributed by atoms with van der Waals surface area (Å²) in [5.74, 6) is -0.698. The predicted molar refractivity (Wildman–Crippen MR) is 79.3 cm³/mol. The monoisotopic (exact) mass is 326 g/mol. The zero-order chi connectivity index (χ0) is 16.2. The van der Waals surface area contributed by atoms with Gasteiger partial charge in [0, 0.05) is 6.54 Å². The lowest BCUT2D eigenvalue weighted by Gasteiger charge is -2.22. The fourth-order valence-electron chi connectivity index (χ4n) is 2.31. The maximum Gasteiger partial charge on any atom is 0.410 e. The number of amides is 2. The van der Waals surface area contributed by atoms with Gasteiger partial charge < -0.3 is 4.74 Å². The van der Waals surface area contributed by atoms with E-state index >= 15 is 0 Å². The molecule has 0 aliphatic carbocycles. The van der Waals surface area contributed by atoms with Crippen molar-refractivity contribution in [3.05, 3.63) is 35.9 Å². The highest BCUT2D eigenvalue weighted by molar-refractivity contribution is 7.89. The first kappa shape index (κ1) is 16.3. The summed E-state index contributed by atoms with van der Waals surface area (Å²) in [4.78, 5) is 25.3. The second-order valence-corrected chi connectivity index (χ2v) is 6.88. The van der Waals surface area contributed by atoms with Crippen molar-refractivity contribution in [1.82, 2.24) is 9.62 Å². The van der Waals surface area contributed by atoms with Crippen LogP contribution in [0.2, 0.25) is 0 Å². The number of ether oxygens (including phenoxy) is 1. The van der Waals surface area contributed by atoms with Gasteiger partial charge in [0.1, 0.15) is 12.6 Å². The molecule has 1 N–H and O–H groups in total. The Morgan fingerprint density at radius 1 is 1.32 bits per heavy atom. The first-order chi connectivity index (χ1) is 10.4. The molecule has 8 heteroatoms. The second kappa shape index (κ2) is 6.78. The number of nitrogens with zero attached hydrogens (tertiary/aromatic N) is 1. The molecule has 1 aliphatic rings. The average Bonchev–Trinajstić information content (AvgIpc) is 2.93. The van der Waals surface area contributed by atoms with Gasteiger partial charge in [0.05, 0.1) is 6.26 Å². The van der Waals surface area contributed by atoms with Crippen LogP contribution in [-0.2, 0) is 26.2 Å². The average molecular weight is 326 g/mol. The summed E-state index contributed by atoms with van der Waals surface area (Å²) in [5, 5.41) is 0. The Bertz CT molecular complexity index is 644. The van der Waals surface area contributed by atoms with Crippen molar-refractivity contribution in [2.75, 3.05) is 12.8 Å². The molecule has 0 aromatic heterocycles. The molecule has 2 amide bonds. The molecule has 1 saturated heterocycles. The maximum atomic E-state index is 12.1. The molecule has 0 saturated carbocycles. The van der Waals surface area contributed by atoms with Crippen LogP contribution in [0.3, 0.4) is 0 Å². The predicted octanol–water partition coefficient (Wildman–Crippen LogP) is 0.863. The molecule has 0 radical (unpaired) electrons. The van der Waals surface area contributed by atoms with Crippen LogP contribution in [0.15, 0.2) is 30.3 Å². The molecule has 22 heavy (non-hydrogen) atoms. The van der Waals surface area contributed by atoms with E-state index in [0.717, 1.165) is 11.8 Å². The Hall–Kier alpha value is -2.09. The van der Waals surface area contributed by atoms with Crippen molar-refractivity contribution in [3.8, 4) is 0 Å². The Balaban J connectivity index is 1.95. The SMILES string of the molecule is CS(=O)(=O)NC(=O)C1CCCN1C(=O)OCc1ccccc1. The summed E-state index contributed by atoms with van der Waals surface area (Å²) in [6.07, 6.45) is 1.33. The topological polar surface area (TPSA) is 92.8 Å². The molecule has 1 fully saturated rings. The smallest absolute Gasteiger partial charge is 0.410 e. The third-order valence-electron chi connectivity index (χ3n) is 3.28. The van der Waals surface area contributed by atoms with Crippen molar-refractivity contribution in [2.45, 2.75) is 25.5 Å². The minimum atomic E-state index is -3.64. The van der Waals surface area contributed by atoms with Gasteiger partial charge in [0.15, 0.2) is 0 Å². The van der Waals surface area contributed by atoms with Crippen LogP contribution in [0.25, 0.3) is 0 Å². The van der Waals surface area contributed by atoms with Crippen LogP contribution in [0.1, 0.15) is 18.4 Å². The molecule has 0 bridgehead atoms. The normalized spacial score (nSPS) is 18.0. The lowest BCUT2D eigenvalue weighted by molar-refractivity contribution is -0.123. The number of nitrogens with one attached hydrogen (secondary N) is 1. The van der Waals surface area contributed by atoms with Gasteiger partial charge in [0.25, 0.3) is 5.91 Å². The summed E-state index contributed by atoms with van der Waals surface area (Å²) in [5.41, 5.74) is 0.840. The number of carbonyl (C=O) groups is 2. The van der Waals surface area contributed by atoms with Crippen molar-refractivity contribution >= 4 is 22.0 Å². The zero-order valence-electron chi connectivity index (χ0n) is 12.2. The van der Waals surface area contributed by atoms with E-state index in [1.54, 1.807) is 0 Å². The van der Waals surface area contributed by atoms with E-state index in [0.29, 0.717) is 19.4 Å². The third kappa shape index (κ3) is 4.45. The van der Waals surface area contributed by atoms with Crippen LogP contribution >= 0.6 is 0 Å². The van der Waals surface area contributed by atoms with Crippen molar-refractivity contribution in [3.63, 3.8) is 0 Å². The fraction of sp³-hybridized carbons (Fsp3) is 0.429. The Morgan fingerprint density at radius 2 is 2.00 bits per heavy atom. The quantitative estimate of drug-likeness (QED) is 0.886. The van der Waals surface area contributed by atoms with Gasteiger partial charge in [-0.3, -0.25) is 14.4 Å². The van der Waals surface area contributed by atoms with E-state index in [1.165, 1.54) is 4.90 Å². The lowest BCUT2D eigenvalue weighted by Crippen LogP contribution is -2.47. The molecule has 1 unspecified atom stereocenters. The summed E-state index contributed by atoms with van der Waals surface area (Å²) in [7, 11) is -3.64. The summed E-state index contributed by atoms with van der Waals surface area (Å²) >= 11 is 0. The number of rotatable bonds is 4. The number of benzene rings is 1. The van der Waals surface area contributed by atoms with Gasteiger partial charge in [-0.1, -0.05) is 30.3 Å². The van der Waals surface area contributed by atoms with Crippen LogP contribution in [-0.4, -0.2) is 44.2 Å². The van der Waals surface area contributed by atoms with Crippen molar-refractivity contribution < 1.29 is 22.7 Å². The largest absolute Gasteiger partial charge is 0.445 e. The molecule has 0 spiro atoms. The summed E-state index contributed by atoms with van der Waals surface area (Å²) < 4.78 is 29.3. The highest BCUT2D eigenvalue weighted by Gasteiger charge is 2.36. The number of hydrogen-bond acceptors (Lipinski definition) is 5. The molecule has 1 atom stereocenters. The second-order valence-electron chi connectivity index (χ2n) is 5.13. The van der Waals surface area contributed by atoms with Crippen molar-refractivity contribution in [2.24, 2.45) is 0 Å². The highest BCUT2D eigenvalue weighted by atomic mass is 32.2. The Labute approximate surface area is 129 Å². The summed E-state index contributed by atoms with van der Waals surface area (Å²) in [6, 6.07) is 8.37. The zero-order valence-corrected chi connectivity index (χ0v) is 13.0. The van der Waals surface area contributed by atoms with E-state index in [2.05, 4.69) is 0 Å². The molecule has 1 aromatic rings. The fourth-order valence-corrected chi connectivity index (χ4v) is 2.81. The van der Waals surface area contributed by atoms with Gasteiger partial charge in [-0.05, 0) is 18.4 Å². The molecule has 1 aromatic carbocycles. The van der Waals surface area contributed by atoms with E-state index in [4.69, 9.17) is 4.74 Å². The number of sulfonamides is 1. The number of likely N-dealkylation sites (tertiary alicyclic amines) is 1. The lowest BCUT2D eigenvalue weighted by atomic mass is 10.2. The molecule has 1 heterocycles. The first-order valence-corrected chi connectivity index (χ1v) is 8.75. The van der Waals surface area contributed by atoms with Gasteiger partial charge in [0.2, 0.25) is 10.0 Å². The van der Waals surface area contributed by atoms with Gasteiger partial charge in [-0.25, -0.2) is 13.2 Å². The van der Waals surface area contributed by atoms with Crippen LogP contribution in [0.5, 0.6) is 0 Å². The highest BCUT2D eigenvalue weighted by Crippen LogP contribution is 2.19. The minimum Gasteiger partial charge on any atom is -0.445 e. The van der Waals surface area contributed by atoms with E-state index in [1.807, 2.05) is 35.1 Å². The van der Waals surface area contributed by atoms with Gasteiger partial charge in [-0.15, -0.1) is 0 Å². The molecule has 2 rings (SSSR count). The van der Waals surface area contributed by atoms with E-state index < -0.39 is 28.1 Å². The first-order valence-electron chi connectivity index (χ1n) is 6.86. The third-order valence-corrected chi connectivity index (χ3v) is 3.85. The minimum absolute atomic E-state index is 0.108. The Morgan fingerprint density at radius 3 is 2.64 bits per heavy atom. The molecule has 7 nitrogen and oxygen atoms in total. The van der Waals surface area contributed by atoms with Gasteiger partial charge >= 0.3 is 6.09 Å². The standard InChI is InChI=1S/C14H18N2O5S/c1-22(19,20)15-13(17)12-8-5-9-16(12)14(18)21-10-11-6-3-2-4-7-11/h2-4,6-7,12H,5,8-10H2,1H3,(H,15,17). The van der Waals surface area contributed by atoms with Gasteiger partial charge in [-0.2, -0.15) is 0 Å². The molecule has 1 aliphatic heterocycles. The summed E-state index contributed by atoms with van der Waals surface area (Å²) in [6.45, 7) is 0.478. The van der Waals surface area contributed by atoms with Crippen molar-refractivity contribution in [1.29, 1.82) is 0 Å². The maximum absolute atomic E-state index is 12.1. The number of hydrogen-bond donors (Lipinski definition) is 1. The van der Waals surface area contributed by atoms with Crippen LogP contribution in [0, 0.1) is 0 Å².